The van der Waals surface area contributed by atoms with E-state index in [4.69, 9.17) is 10.5 Å². The predicted molar refractivity (Wildman–Crippen MR) is 68.6 cm³/mol. The van der Waals surface area contributed by atoms with Crippen LogP contribution >= 0.6 is 0 Å². The highest BCUT2D eigenvalue weighted by Gasteiger charge is 2.11. The number of allylic oxidation sites excluding steroid dienone is 1. The first-order valence-electron chi connectivity index (χ1n) is 6.43. The maximum absolute atomic E-state index is 11.5. The zero-order valence-corrected chi connectivity index (χ0v) is 10.7. The molecule has 0 aliphatic heterocycles. The van der Waals surface area contributed by atoms with Crippen LogP contribution in [0, 0.1) is 0 Å². The highest BCUT2D eigenvalue weighted by Crippen LogP contribution is 2.19. The molecule has 0 bridgehead atoms. The summed E-state index contributed by atoms with van der Waals surface area (Å²) in [5.74, 6) is 0.0266. The van der Waals surface area contributed by atoms with Gasteiger partial charge in [0.25, 0.3) is 0 Å². The van der Waals surface area contributed by atoms with Gasteiger partial charge in [0.05, 0.1) is 12.5 Å². The van der Waals surface area contributed by atoms with Gasteiger partial charge in [-0.1, -0.05) is 11.6 Å². The molecule has 1 atom stereocenters. The lowest BCUT2D eigenvalue weighted by atomic mass is 9.97. The van der Waals surface area contributed by atoms with Crippen LogP contribution in [0.4, 0.5) is 0 Å². The normalized spacial score (nSPS) is 17.4. The average molecular weight is 240 g/mol. The molecule has 0 aromatic heterocycles. The fourth-order valence-electron chi connectivity index (χ4n) is 2.04. The molecule has 1 aliphatic carbocycles. The first-order chi connectivity index (χ1) is 8.26. The maximum atomic E-state index is 11.5. The van der Waals surface area contributed by atoms with E-state index >= 15 is 0 Å². The molecule has 0 fully saturated rings. The number of carbonyl (C=O) groups is 1. The summed E-state index contributed by atoms with van der Waals surface area (Å²) in [6.07, 6.45) is 8.47. The smallest absolute Gasteiger partial charge is 0.222 e. The van der Waals surface area contributed by atoms with E-state index in [2.05, 4.69) is 11.4 Å². The molecule has 0 saturated heterocycles. The molecule has 0 spiro atoms. The molecule has 3 N–H and O–H groups in total. The zero-order chi connectivity index (χ0) is 12.5. The van der Waals surface area contributed by atoms with Crippen molar-refractivity contribution >= 4 is 5.91 Å². The molecule has 0 heterocycles. The first kappa shape index (κ1) is 14.2. The highest BCUT2D eigenvalue weighted by molar-refractivity contribution is 5.76. The molecule has 0 aromatic carbocycles. The van der Waals surface area contributed by atoms with Crippen LogP contribution in [0.5, 0.6) is 0 Å². The summed E-state index contributed by atoms with van der Waals surface area (Å²) < 4.78 is 5.07. The van der Waals surface area contributed by atoms with Gasteiger partial charge in [0, 0.05) is 20.2 Å². The molecule has 17 heavy (non-hydrogen) atoms. The van der Waals surface area contributed by atoms with Gasteiger partial charge in [0.1, 0.15) is 0 Å². The van der Waals surface area contributed by atoms with E-state index in [1.807, 2.05) is 0 Å². The second-order valence-electron chi connectivity index (χ2n) is 4.51. The van der Waals surface area contributed by atoms with Crippen molar-refractivity contribution in [2.24, 2.45) is 5.73 Å². The Bertz CT molecular complexity index is 260. The first-order valence-corrected chi connectivity index (χ1v) is 6.43. The second kappa shape index (κ2) is 8.25. The fraction of sp³-hybridized carbons (Fsp3) is 0.769. The van der Waals surface area contributed by atoms with Crippen LogP contribution in [-0.4, -0.2) is 32.2 Å². The van der Waals surface area contributed by atoms with Crippen molar-refractivity contribution in [3.8, 4) is 0 Å². The van der Waals surface area contributed by atoms with Crippen LogP contribution in [0.25, 0.3) is 0 Å². The molecule has 98 valence electrons. The molecule has 0 saturated carbocycles. The summed E-state index contributed by atoms with van der Waals surface area (Å²) in [5.41, 5.74) is 6.95. The van der Waals surface area contributed by atoms with E-state index in [0.717, 1.165) is 13.0 Å². The maximum Gasteiger partial charge on any atom is 0.222 e. The molecule has 1 aliphatic rings. The number of carbonyl (C=O) groups excluding carboxylic acids is 1. The SMILES string of the molecule is COC(CN)CC(=O)NCCC1=CCCCC1. The van der Waals surface area contributed by atoms with Gasteiger partial charge in [-0.3, -0.25) is 4.79 Å². The van der Waals surface area contributed by atoms with Crippen molar-refractivity contribution in [3.05, 3.63) is 11.6 Å². The van der Waals surface area contributed by atoms with E-state index in [0.29, 0.717) is 13.0 Å². The molecule has 1 rings (SSSR count). The van der Waals surface area contributed by atoms with Crippen LogP contribution < -0.4 is 11.1 Å². The Balaban J connectivity index is 2.13. The third-order valence-electron chi connectivity index (χ3n) is 3.16. The van der Waals surface area contributed by atoms with E-state index in [9.17, 15) is 4.79 Å². The van der Waals surface area contributed by atoms with Crippen molar-refractivity contribution < 1.29 is 9.53 Å². The van der Waals surface area contributed by atoms with Gasteiger partial charge in [-0.25, -0.2) is 0 Å². The fourth-order valence-corrected chi connectivity index (χ4v) is 2.04. The molecular formula is C13H24N2O2. The average Bonchev–Trinajstić information content (AvgIpc) is 2.37. The number of hydrogen-bond donors (Lipinski definition) is 2. The second-order valence-corrected chi connectivity index (χ2v) is 4.51. The molecule has 1 unspecified atom stereocenters. The molecule has 0 aromatic rings. The van der Waals surface area contributed by atoms with Crippen molar-refractivity contribution in [1.82, 2.24) is 5.32 Å². The summed E-state index contributed by atoms with van der Waals surface area (Å²) >= 11 is 0. The minimum absolute atomic E-state index is 0.0266. The van der Waals surface area contributed by atoms with Gasteiger partial charge in [-0.15, -0.1) is 0 Å². The van der Waals surface area contributed by atoms with Crippen molar-refractivity contribution in [2.75, 3.05) is 20.2 Å². The lowest BCUT2D eigenvalue weighted by Crippen LogP contribution is -2.32. The van der Waals surface area contributed by atoms with Crippen molar-refractivity contribution in [1.29, 1.82) is 0 Å². The molecule has 4 nitrogen and oxygen atoms in total. The number of hydrogen-bond acceptors (Lipinski definition) is 3. The van der Waals surface area contributed by atoms with Crippen LogP contribution in [0.3, 0.4) is 0 Å². The van der Waals surface area contributed by atoms with Crippen LogP contribution in [0.15, 0.2) is 11.6 Å². The van der Waals surface area contributed by atoms with Gasteiger partial charge in [-0.05, 0) is 32.1 Å². The standard InChI is InChI=1S/C13H24N2O2/c1-17-12(10-14)9-13(16)15-8-7-11-5-3-2-4-6-11/h5,12H,2-4,6-10,14H2,1H3,(H,15,16). The summed E-state index contributed by atoms with van der Waals surface area (Å²) in [7, 11) is 1.58. The van der Waals surface area contributed by atoms with Crippen LogP contribution in [0.1, 0.15) is 38.5 Å². The van der Waals surface area contributed by atoms with E-state index in [1.54, 1.807) is 7.11 Å². The number of methoxy groups -OCH3 is 1. The Morgan fingerprint density at radius 3 is 3.00 bits per heavy atom. The minimum Gasteiger partial charge on any atom is -0.380 e. The number of amides is 1. The Kier molecular flexibility index (Phi) is 6.89. The van der Waals surface area contributed by atoms with Crippen molar-refractivity contribution in [2.45, 2.75) is 44.6 Å². The topological polar surface area (TPSA) is 64.3 Å². The van der Waals surface area contributed by atoms with Gasteiger partial charge in [0.15, 0.2) is 0 Å². The monoisotopic (exact) mass is 240 g/mol. The third kappa shape index (κ3) is 5.84. The van der Waals surface area contributed by atoms with E-state index in [-0.39, 0.29) is 12.0 Å². The number of nitrogens with two attached hydrogens (primary N) is 1. The minimum atomic E-state index is -0.163. The van der Waals surface area contributed by atoms with E-state index in [1.165, 1.54) is 31.3 Å². The van der Waals surface area contributed by atoms with Crippen LogP contribution in [0.2, 0.25) is 0 Å². The zero-order valence-electron chi connectivity index (χ0n) is 10.7. The summed E-state index contributed by atoms with van der Waals surface area (Å²) in [4.78, 5) is 11.5. The summed E-state index contributed by atoms with van der Waals surface area (Å²) in [6, 6.07) is 0. The lowest BCUT2D eigenvalue weighted by Gasteiger charge is -2.14. The van der Waals surface area contributed by atoms with Gasteiger partial charge in [-0.2, -0.15) is 0 Å². The number of nitrogens with one attached hydrogen (secondary N) is 1. The van der Waals surface area contributed by atoms with Gasteiger partial charge in [0.2, 0.25) is 5.91 Å². The third-order valence-corrected chi connectivity index (χ3v) is 3.16. The van der Waals surface area contributed by atoms with Crippen molar-refractivity contribution in [3.63, 3.8) is 0 Å². The molecule has 1 amide bonds. The molecule has 0 radical (unpaired) electrons. The lowest BCUT2D eigenvalue weighted by molar-refractivity contribution is -0.123. The van der Waals surface area contributed by atoms with Gasteiger partial charge < -0.3 is 15.8 Å². The predicted octanol–water partition coefficient (Wildman–Crippen LogP) is 1.36. The number of rotatable bonds is 7. The van der Waals surface area contributed by atoms with E-state index < -0.39 is 0 Å². The molecular weight excluding hydrogens is 216 g/mol. The largest absolute Gasteiger partial charge is 0.380 e. The summed E-state index contributed by atoms with van der Waals surface area (Å²) in [6.45, 7) is 1.11. The Hall–Kier alpha value is -0.870. The quantitative estimate of drug-likeness (QED) is 0.660. The Labute approximate surface area is 104 Å². The highest BCUT2D eigenvalue weighted by atomic mass is 16.5. The Morgan fingerprint density at radius 1 is 1.59 bits per heavy atom. The molecule has 4 heteroatoms. The number of ether oxygens (including phenoxy) is 1. The van der Waals surface area contributed by atoms with Gasteiger partial charge >= 0.3 is 0 Å². The summed E-state index contributed by atoms with van der Waals surface area (Å²) in [5, 5.41) is 2.91. The van der Waals surface area contributed by atoms with Crippen LogP contribution in [-0.2, 0) is 9.53 Å². The Morgan fingerprint density at radius 2 is 2.41 bits per heavy atom.